The van der Waals surface area contributed by atoms with Crippen LogP contribution in [0.5, 0.6) is 5.75 Å². The first-order chi connectivity index (χ1) is 24.9. The minimum atomic E-state index is -3.72. The summed E-state index contributed by atoms with van der Waals surface area (Å²) in [5.41, 5.74) is 2.59. The number of quaternary nitrogens is 1. The zero-order valence-corrected chi connectivity index (χ0v) is 30.5. The maximum Gasteiger partial charge on any atom is 0.233 e. The molecule has 0 saturated heterocycles. The number of hydrogen-bond acceptors (Lipinski definition) is 19. The Hall–Kier alpha value is -4.23. The summed E-state index contributed by atoms with van der Waals surface area (Å²) in [6.45, 7) is -0.242. The molecule has 22 heteroatoms. The van der Waals surface area contributed by atoms with Gasteiger partial charge in [-0.2, -0.15) is 20.1 Å². The predicted octanol–water partition coefficient (Wildman–Crippen LogP) is 7.69. The van der Waals surface area contributed by atoms with Crippen LogP contribution in [0.15, 0.2) is 92.8 Å². The van der Waals surface area contributed by atoms with Gasteiger partial charge in [-0.3, -0.25) is 8.67 Å². The van der Waals surface area contributed by atoms with E-state index in [1.165, 1.54) is 24.3 Å². The molecule has 18 nitrogen and oxygen atoms in total. The molecule has 5 aromatic rings. The maximum absolute atomic E-state index is 12.6. The van der Waals surface area contributed by atoms with Crippen LogP contribution in [0.1, 0.15) is 0 Å². The molecule has 1 heterocycles. The molecule has 1 aromatic heterocycles. The van der Waals surface area contributed by atoms with Crippen molar-refractivity contribution in [1.82, 2.24) is 19.4 Å². The highest BCUT2D eigenvalue weighted by molar-refractivity contribution is 7.94. The van der Waals surface area contributed by atoms with Gasteiger partial charge in [0.1, 0.15) is 11.4 Å². The van der Waals surface area contributed by atoms with Crippen LogP contribution in [0, 0.1) is 0 Å². The van der Waals surface area contributed by atoms with Crippen LogP contribution in [0.25, 0.3) is 10.8 Å². The Labute approximate surface area is 310 Å². The number of halogens is 1. The Kier molecular flexibility index (Phi) is 13.1. The minimum absolute atomic E-state index is 0.000670. The van der Waals surface area contributed by atoms with E-state index in [9.17, 15) is 13.5 Å². The van der Waals surface area contributed by atoms with Gasteiger partial charge in [0.15, 0.2) is 27.9 Å². The highest BCUT2D eigenvalue weighted by Crippen LogP contribution is 2.44. The number of benzene rings is 4. The molecule has 5 rings (SSSR count). The Bertz CT molecular complexity index is 2160. The number of hydrogen-bond donors (Lipinski definition) is 5. The van der Waals surface area contributed by atoms with Gasteiger partial charge in [0.25, 0.3) is 0 Å². The number of rotatable bonds is 17. The number of phenols is 1. The molecule has 0 aliphatic carbocycles. The van der Waals surface area contributed by atoms with E-state index in [2.05, 4.69) is 75.7 Å². The van der Waals surface area contributed by atoms with E-state index in [0.29, 0.717) is 33.0 Å². The first-order valence-corrected chi connectivity index (χ1v) is 18.1. The lowest BCUT2D eigenvalue weighted by atomic mass is 10.1. The third-order valence-electron chi connectivity index (χ3n) is 6.95. The van der Waals surface area contributed by atoms with Crippen molar-refractivity contribution in [2.45, 2.75) is 9.79 Å². The van der Waals surface area contributed by atoms with Gasteiger partial charge < -0.3 is 15.7 Å². The second-order valence-corrected chi connectivity index (χ2v) is 15.0. The van der Waals surface area contributed by atoms with Crippen LogP contribution in [-0.4, -0.2) is 72.5 Å². The Balaban J connectivity index is 1.35. The van der Waals surface area contributed by atoms with E-state index >= 15 is 0 Å². The normalized spacial score (nSPS) is 12.1. The third kappa shape index (κ3) is 10.4. The van der Waals surface area contributed by atoms with Crippen molar-refractivity contribution < 1.29 is 47.0 Å². The average Bonchev–Trinajstić information content (AvgIpc) is 3.10. The van der Waals surface area contributed by atoms with Crippen LogP contribution in [0.2, 0.25) is 5.28 Å². The number of fused-ring (bicyclic) bond motifs is 1. The highest BCUT2D eigenvalue weighted by atomic mass is 35.5. The van der Waals surface area contributed by atoms with Crippen LogP contribution in [0.3, 0.4) is 0 Å². The molecule has 0 fully saturated rings. The number of aromatic nitrogens is 3. The van der Waals surface area contributed by atoms with Gasteiger partial charge >= 0.3 is 0 Å². The van der Waals surface area contributed by atoms with Crippen LogP contribution < -0.4 is 15.1 Å². The summed E-state index contributed by atoms with van der Waals surface area (Å²) in [6.07, 6.45) is 0. The van der Waals surface area contributed by atoms with Crippen LogP contribution >= 0.6 is 36.0 Å². The number of nitrogens with zero attached hydrogens (tertiary/aromatic N) is 6. The van der Waals surface area contributed by atoms with Gasteiger partial charge in [-0.25, -0.2) is 18.9 Å². The molecule has 0 aliphatic rings. The van der Waals surface area contributed by atoms with E-state index in [4.69, 9.17) is 26.3 Å². The molecule has 0 bridgehead atoms. The van der Waals surface area contributed by atoms with Crippen molar-refractivity contribution in [3.63, 3.8) is 0 Å². The van der Waals surface area contributed by atoms with Gasteiger partial charge in [0, 0.05) is 22.8 Å². The van der Waals surface area contributed by atoms with Crippen molar-refractivity contribution in [3.05, 3.63) is 78.1 Å². The quantitative estimate of drug-likeness (QED) is 0.0152. The minimum Gasteiger partial charge on any atom is -0.505 e. The second-order valence-electron chi connectivity index (χ2n) is 11.3. The fourth-order valence-electron chi connectivity index (χ4n) is 4.52. The number of aromatic hydroxyl groups is 1. The molecule has 52 heavy (non-hydrogen) atoms. The summed E-state index contributed by atoms with van der Waals surface area (Å²) < 4.78 is 39.2. The molecule has 5 N–H and O–H groups in total. The first-order valence-electron chi connectivity index (χ1n) is 14.7. The SMILES string of the molecule is C[N+](C)(C)c1cccc(Nc2nc(Cl)nc(Nc3ccc4c(O)c(N=Nc5ccc(S(=O)(=O)CCOSOOO)cc5)c(SOOO)cc4c3)n2)c1. The van der Waals surface area contributed by atoms with Crippen molar-refractivity contribution in [3.8, 4) is 5.75 Å². The molecule has 274 valence electrons. The highest BCUT2D eigenvalue weighted by Gasteiger charge is 2.18. The molecule has 0 saturated carbocycles. The fourth-order valence-corrected chi connectivity index (χ4v) is 6.58. The fraction of sp³-hybridized carbons (Fsp3) is 0.167. The Morgan fingerprint density at radius 2 is 1.56 bits per heavy atom. The smallest absolute Gasteiger partial charge is 0.233 e. The van der Waals surface area contributed by atoms with Gasteiger partial charge in [0.2, 0.25) is 17.2 Å². The lowest BCUT2D eigenvalue weighted by Gasteiger charge is -2.23. The molecule has 0 radical (unpaired) electrons. The molecule has 0 unspecified atom stereocenters. The summed E-state index contributed by atoms with van der Waals surface area (Å²) >= 11 is 7.06. The maximum atomic E-state index is 12.6. The number of nitrogens with one attached hydrogen (secondary N) is 2. The van der Waals surface area contributed by atoms with E-state index in [1.807, 2.05) is 24.3 Å². The molecule has 0 amide bonds. The van der Waals surface area contributed by atoms with Crippen molar-refractivity contribution >= 4 is 96.9 Å². The monoisotopic (exact) mass is 793 g/mol. The number of azo groups is 1. The lowest BCUT2D eigenvalue weighted by Crippen LogP contribution is -2.34. The summed E-state index contributed by atoms with van der Waals surface area (Å²) in [7, 11) is 2.45. The van der Waals surface area contributed by atoms with Crippen molar-refractivity contribution in [1.29, 1.82) is 0 Å². The van der Waals surface area contributed by atoms with Crippen LogP contribution in [-0.2, 0) is 32.8 Å². The van der Waals surface area contributed by atoms with Gasteiger partial charge in [0.05, 0.1) is 61.0 Å². The number of sulfone groups is 1. The van der Waals surface area contributed by atoms with Gasteiger partial charge in [-0.1, -0.05) is 16.1 Å². The summed E-state index contributed by atoms with van der Waals surface area (Å²) in [5, 5.41) is 50.6. The largest absolute Gasteiger partial charge is 0.505 e. The van der Waals surface area contributed by atoms with E-state index < -0.39 is 9.84 Å². The molecular weight excluding hydrogens is 764 g/mol. The predicted molar refractivity (Wildman–Crippen MR) is 195 cm³/mol. The zero-order valence-electron chi connectivity index (χ0n) is 27.3. The topological polar surface area (TPSA) is 228 Å². The van der Waals surface area contributed by atoms with Crippen LogP contribution in [0.4, 0.5) is 40.3 Å². The first kappa shape index (κ1) is 39.0. The Morgan fingerprint density at radius 3 is 2.23 bits per heavy atom. The van der Waals surface area contributed by atoms with Crippen molar-refractivity contribution in [2.24, 2.45) is 10.2 Å². The average molecular weight is 794 g/mol. The van der Waals surface area contributed by atoms with Gasteiger partial charge in [-0.05, 0) is 77.7 Å². The summed E-state index contributed by atoms with van der Waals surface area (Å²) in [4.78, 5) is 13.0. The van der Waals surface area contributed by atoms with Crippen molar-refractivity contribution in [2.75, 3.05) is 44.1 Å². The second kappa shape index (κ2) is 17.5. The standard InChI is InChI=1S/C30H29ClN8O10S3/c1-39(2,3)22-6-4-5-20(17-22)32-29-34-28(31)35-30(36-29)33-21-9-12-24-18(15-21)16-25(50-48-46-41)26(27(24)40)38-37-19-7-10-23(11-8-19)52(43,44)14-13-45-51-49-47-42/h4-12,15-17H,13-14H2,1-3H3,(H4-,32,33,34,35,36,37,40,41,42)/p+1. The van der Waals surface area contributed by atoms with E-state index in [-0.39, 0.29) is 68.8 Å². The number of phenolic OH excluding ortho intramolecular Hbond substituents is 1. The molecule has 0 spiro atoms. The molecule has 0 atom stereocenters. The molecular formula is C30H30ClN8O10S3+. The Morgan fingerprint density at radius 1 is 0.865 bits per heavy atom. The summed E-state index contributed by atoms with van der Waals surface area (Å²) in [5.74, 6) is -0.273. The zero-order chi connectivity index (χ0) is 37.3. The lowest BCUT2D eigenvalue weighted by molar-refractivity contribution is -0.434. The van der Waals surface area contributed by atoms with E-state index in [0.717, 1.165) is 11.4 Å². The molecule has 4 aromatic carbocycles. The van der Waals surface area contributed by atoms with Gasteiger partial charge in [-0.15, -0.1) is 13.8 Å². The number of anilines is 4. The van der Waals surface area contributed by atoms with E-state index in [1.54, 1.807) is 24.3 Å². The molecule has 0 aliphatic heterocycles. The third-order valence-corrected chi connectivity index (χ3v) is 9.81. The summed E-state index contributed by atoms with van der Waals surface area (Å²) in [6, 6.07) is 19.9.